The molecular formula is C9H12N4O4. The summed E-state index contributed by atoms with van der Waals surface area (Å²) < 4.78 is 0. The molecule has 1 aliphatic heterocycles. The van der Waals surface area contributed by atoms with Gasteiger partial charge in [0.25, 0.3) is 5.56 Å². The van der Waals surface area contributed by atoms with E-state index in [1.807, 2.05) is 0 Å². The molecule has 2 unspecified atom stereocenters. The third-order valence-electron chi connectivity index (χ3n) is 3.04. The minimum absolute atomic E-state index is 0.0563. The molecular weight excluding hydrogens is 228 g/mol. The van der Waals surface area contributed by atoms with Crippen LogP contribution in [-0.2, 0) is 4.79 Å². The molecule has 0 bridgehead atoms. The Balaban J connectivity index is 2.33. The van der Waals surface area contributed by atoms with E-state index in [1.165, 1.54) is 0 Å². The first kappa shape index (κ1) is 11.4. The molecule has 3 N–H and O–H groups in total. The van der Waals surface area contributed by atoms with E-state index < -0.39 is 23.1 Å². The number of H-pyrrole nitrogens is 2. The van der Waals surface area contributed by atoms with E-state index in [1.54, 1.807) is 11.8 Å². The maximum Gasteiger partial charge on any atom is 0.342 e. The highest BCUT2D eigenvalue weighted by molar-refractivity contribution is 5.72. The number of hydrogen-bond donors (Lipinski definition) is 3. The molecule has 1 aliphatic rings. The van der Waals surface area contributed by atoms with E-state index in [2.05, 4.69) is 15.2 Å². The van der Waals surface area contributed by atoms with Crippen LogP contribution in [0.15, 0.2) is 9.59 Å². The molecule has 1 aromatic rings. The molecule has 8 heteroatoms. The van der Waals surface area contributed by atoms with Crippen molar-refractivity contribution in [3.63, 3.8) is 0 Å². The van der Waals surface area contributed by atoms with E-state index in [4.69, 9.17) is 5.11 Å². The van der Waals surface area contributed by atoms with Crippen molar-refractivity contribution in [1.82, 2.24) is 15.2 Å². The fourth-order valence-electron chi connectivity index (χ4n) is 2.10. The Kier molecular flexibility index (Phi) is 2.70. The van der Waals surface area contributed by atoms with Crippen LogP contribution in [0.3, 0.4) is 0 Å². The maximum absolute atomic E-state index is 11.5. The van der Waals surface area contributed by atoms with Gasteiger partial charge in [-0.3, -0.25) is 14.6 Å². The van der Waals surface area contributed by atoms with Crippen molar-refractivity contribution in [1.29, 1.82) is 0 Å². The zero-order chi connectivity index (χ0) is 12.6. The summed E-state index contributed by atoms with van der Waals surface area (Å²) in [7, 11) is 0. The summed E-state index contributed by atoms with van der Waals surface area (Å²) >= 11 is 0. The summed E-state index contributed by atoms with van der Waals surface area (Å²) in [6.07, 6.45) is 0.455. The van der Waals surface area contributed by atoms with Gasteiger partial charge in [0.2, 0.25) is 5.82 Å². The van der Waals surface area contributed by atoms with Gasteiger partial charge in [-0.1, -0.05) is 0 Å². The summed E-state index contributed by atoms with van der Waals surface area (Å²) in [5.41, 5.74) is -1.29. The minimum Gasteiger partial charge on any atom is -0.481 e. The average Bonchev–Trinajstić information content (AvgIpc) is 2.60. The largest absolute Gasteiger partial charge is 0.481 e. The minimum atomic E-state index is -0.888. The highest BCUT2D eigenvalue weighted by atomic mass is 16.4. The van der Waals surface area contributed by atoms with E-state index >= 15 is 0 Å². The number of aliphatic carboxylic acids is 1. The highest BCUT2D eigenvalue weighted by Crippen LogP contribution is 2.26. The molecule has 17 heavy (non-hydrogen) atoms. The molecule has 92 valence electrons. The number of aromatic nitrogens is 3. The Hall–Kier alpha value is -2.12. The Bertz CT molecular complexity index is 548. The van der Waals surface area contributed by atoms with Crippen molar-refractivity contribution < 1.29 is 9.90 Å². The molecule has 0 aliphatic carbocycles. The lowest BCUT2D eigenvalue weighted by Gasteiger charge is -2.22. The molecule has 2 atom stereocenters. The Morgan fingerprint density at radius 2 is 2.24 bits per heavy atom. The zero-order valence-corrected chi connectivity index (χ0v) is 9.14. The first-order valence-electron chi connectivity index (χ1n) is 5.19. The molecule has 2 heterocycles. The summed E-state index contributed by atoms with van der Waals surface area (Å²) in [6.45, 7) is 2.15. The molecule has 8 nitrogen and oxygen atoms in total. The molecule has 0 saturated carbocycles. The molecule has 1 aromatic heterocycles. The van der Waals surface area contributed by atoms with Gasteiger partial charge in [-0.25, -0.2) is 9.89 Å². The van der Waals surface area contributed by atoms with Gasteiger partial charge in [0, 0.05) is 12.6 Å². The smallest absolute Gasteiger partial charge is 0.342 e. The lowest BCUT2D eigenvalue weighted by molar-refractivity contribution is -0.141. The molecule has 1 saturated heterocycles. The number of aromatic amines is 2. The molecule has 2 rings (SSSR count). The second-order valence-corrected chi connectivity index (χ2v) is 4.00. The van der Waals surface area contributed by atoms with Crippen LogP contribution in [0.1, 0.15) is 13.3 Å². The van der Waals surface area contributed by atoms with Crippen LogP contribution in [0.4, 0.5) is 5.82 Å². The van der Waals surface area contributed by atoms with Gasteiger partial charge in [0.05, 0.1) is 5.92 Å². The van der Waals surface area contributed by atoms with Crippen LogP contribution >= 0.6 is 0 Å². The molecule has 1 fully saturated rings. The van der Waals surface area contributed by atoms with Crippen LogP contribution in [0.25, 0.3) is 0 Å². The Morgan fingerprint density at radius 3 is 2.76 bits per heavy atom. The maximum atomic E-state index is 11.5. The number of nitrogens with zero attached hydrogens (tertiary/aromatic N) is 2. The number of rotatable bonds is 2. The van der Waals surface area contributed by atoms with E-state index in [0.717, 1.165) is 0 Å². The van der Waals surface area contributed by atoms with Crippen molar-refractivity contribution in [3.8, 4) is 0 Å². The highest BCUT2D eigenvalue weighted by Gasteiger charge is 2.37. The quantitative estimate of drug-likeness (QED) is 0.594. The number of carboxylic acids is 1. The van der Waals surface area contributed by atoms with Crippen LogP contribution in [-0.4, -0.2) is 38.8 Å². The standard InChI is InChI=1S/C9H12N4O4/c1-4-5(8(15)16)2-3-13(4)6-7(14)10-9(17)12-11-6/h4-5H,2-3H2,1H3,(H,15,16)(H2,10,12,14,17). The van der Waals surface area contributed by atoms with Gasteiger partial charge in [-0.15, -0.1) is 5.10 Å². The molecule has 0 radical (unpaired) electrons. The molecule has 0 amide bonds. The van der Waals surface area contributed by atoms with Gasteiger partial charge in [-0.2, -0.15) is 0 Å². The second-order valence-electron chi connectivity index (χ2n) is 4.00. The van der Waals surface area contributed by atoms with Crippen LogP contribution in [0.5, 0.6) is 0 Å². The van der Waals surface area contributed by atoms with Crippen molar-refractivity contribution in [2.45, 2.75) is 19.4 Å². The van der Waals surface area contributed by atoms with E-state index in [-0.39, 0.29) is 11.9 Å². The first-order chi connectivity index (χ1) is 8.00. The van der Waals surface area contributed by atoms with Crippen molar-refractivity contribution in [2.75, 3.05) is 11.4 Å². The topological polar surface area (TPSA) is 119 Å². The summed E-state index contributed by atoms with van der Waals surface area (Å²) in [6, 6.07) is -0.327. The summed E-state index contributed by atoms with van der Waals surface area (Å²) in [4.78, 5) is 36.9. The third-order valence-corrected chi connectivity index (χ3v) is 3.04. The van der Waals surface area contributed by atoms with Crippen molar-refractivity contribution in [2.24, 2.45) is 5.92 Å². The Labute approximate surface area is 95.3 Å². The SMILES string of the molecule is CC1C(C(=O)O)CCN1c1n[nH]c(=O)[nH]c1=O. The molecule has 0 spiro atoms. The van der Waals surface area contributed by atoms with Crippen molar-refractivity contribution >= 4 is 11.8 Å². The van der Waals surface area contributed by atoms with E-state index in [9.17, 15) is 14.4 Å². The number of nitrogens with one attached hydrogen (secondary N) is 2. The first-order valence-corrected chi connectivity index (χ1v) is 5.19. The summed E-state index contributed by atoms with van der Waals surface area (Å²) in [5.74, 6) is -1.36. The lowest BCUT2D eigenvalue weighted by Crippen LogP contribution is -2.39. The van der Waals surface area contributed by atoms with Gasteiger partial charge in [0.15, 0.2) is 0 Å². The van der Waals surface area contributed by atoms with Crippen molar-refractivity contribution in [3.05, 3.63) is 20.8 Å². The third kappa shape index (κ3) is 1.93. The van der Waals surface area contributed by atoms with Crippen LogP contribution in [0, 0.1) is 5.92 Å². The number of carbonyl (C=O) groups is 1. The average molecular weight is 240 g/mol. The number of anilines is 1. The number of hydrogen-bond acceptors (Lipinski definition) is 5. The molecule has 0 aromatic carbocycles. The fraction of sp³-hybridized carbons (Fsp3) is 0.556. The van der Waals surface area contributed by atoms with E-state index in [0.29, 0.717) is 13.0 Å². The fourth-order valence-corrected chi connectivity index (χ4v) is 2.10. The van der Waals surface area contributed by atoms with Gasteiger partial charge >= 0.3 is 11.7 Å². The van der Waals surface area contributed by atoms with Gasteiger partial charge in [0.1, 0.15) is 0 Å². The monoisotopic (exact) mass is 240 g/mol. The van der Waals surface area contributed by atoms with Gasteiger partial charge < -0.3 is 10.0 Å². The predicted octanol–water partition coefficient (Wildman–Crippen LogP) is -1.24. The normalized spacial score (nSPS) is 23.9. The summed E-state index contributed by atoms with van der Waals surface area (Å²) in [5, 5.41) is 14.8. The zero-order valence-electron chi connectivity index (χ0n) is 9.14. The Morgan fingerprint density at radius 1 is 1.53 bits per heavy atom. The predicted molar refractivity (Wildman–Crippen MR) is 58.0 cm³/mol. The number of carboxylic acid groups (broad SMARTS) is 1. The van der Waals surface area contributed by atoms with Gasteiger partial charge in [-0.05, 0) is 13.3 Å². The van der Waals surface area contributed by atoms with Crippen LogP contribution in [0.2, 0.25) is 0 Å². The van der Waals surface area contributed by atoms with Crippen LogP contribution < -0.4 is 16.1 Å². The lowest BCUT2D eigenvalue weighted by atomic mass is 10.0. The second kappa shape index (κ2) is 4.04.